The van der Waals surface area contributed by atoms with Gasteiger partial charge in [0, 0.05) is 34.8 Å². The van der Waals surface area contributed by atoms with E-state index >= 15 is 0 Å². The van der Waals surface area contributed by atoms with Gasteiger partial charge in [-0.15, -0.1) is 6.58 Å². The molecule has 0 saturated heterocycles. The van der Waals surface area contributed by atoms with Crippen LogP contribution in [-0.2, 0) is 16.1 Å². The summed E-state index contributed by atoms with van der Waals surface area (Å²) in [5.41, 5.74) is 3.52. The number of nitrogens with zero attached hydrogens (tertiary/aromatic N) is 3. The molecule has 0 saturated carbocycles. The lowest BCUT2D eigenvalue weighted by molar-refractivity contribution is -0.139. The molecule has 218 valence electrons. The summed E-state index contributed by atoms with van der Waals surface area (Å²) in [6.45, 7) is 8.59. The second-order valence-corrected chi connectivity index (χ2v) is 11.4. The normalized spacial score (nSPS) is 15.0. The number of rotatable bonds is 9. The molecule has 1 atom stereocenters. The molecule has 8 heteroatoms. The minimum absolute atomic E-state index is 0.209. The Labute approximate surface area is 253 Å². The van der Waals surface area contributed by atoms with Crippen molar-refractivity contribution in [2.75, 3.05) is 13.7 Å². The summed E-state index contributed by atoms with van der Waals surface area (Å²) in [7, 11) is 1.61. The molecule has 2 aromatic heterocycles. The monoisotopic (exact) mass is 591 g/mol. The van der Waals surface area contributed by atoms with Crippen molar-refractivity contribution < 1.29 is 14.3 Å². The minimum Gasteiger partial charge on any atom is -0.496 e. The molecule has 0 amide bonds. The van der Waals surface area contributed by atoms with E-state index in [0.29, 0.717) is 39.3 Å². The molecule has 7 nitrogen and oxygen atoms in total. The number of carbonyl (C=O) groups excluding carboxylic acids is 1. The molecule has 5 aromatic rings. The van der Waals surface area contributed by atoms with Crippen molar-refractivity contribution in [1.82, 2.24) is 9.13 Å². The van der Waals surface area contributed by atoms with Crippen LogP contribution in [0.3, 0.4) is 0 Å². The molecule has 1 aliphatic heterocycles. The highest BCUT2D eigenvalue weighted by atomic mass is 32.1. The molecular weight excluding hydrogens is 558 g/mol. The average Bonchev–Trinajstić information content (AvgIpc) is 3.52. The minimum atomic E-state index is -0.776. The van der Waals surface area contributed by atoms with Crippen LogP contribution in [0.1, 0.15) is 43.9 Å². The quantitative estimate of drug-likeness (QED) is 0.159. The van der Waals surface area contributed by atoms with Gasteiger partial charge in [0.25, 0.3) is 5.56 Å². The fraction of sp³-hybridized carbons (Fsp3) is 0.229. The van der Waals surface area contributed by atoms with Gasteiger partial charge in [0.1, 0.15) is 11.8 Å². The lowest BCUT2D eigenvalue weighted by Crippen LogP contribution is -2.40. The van der Waals surface area contributed by atoms with E-state index in [1.165, 1.54) is 11.3 Å². The molecular formula is C35H33N3O4S. The van der Waals surface area contributed by atoms with Gasteiger partial charge in [0.05, 0.1) is 29.5 Å². The summed E-state index contributed by atoms with van der Waals surface area (Å²) in [4.78, 5) is 33.6. The summed E-state index contributed by atoms with van der Waals surface area (Å²) in [5, 5.41) is 2.92. The number of ether oxygens (including phenoxy) is 2. The smallest absolute Gasteiger partial charge is 0.338 e. The predicted octanol–water partition coefficient (Wildman–Crippen LogP) is 5.88. The van der Waals surface area contributed by atoms with Gasteiger partial charge in [-0.1, -0.05) is 79.3 Å². The maximum absolute atomic E-state index is 14.4. The lowest BCUT2D eigenvalue weighted by Gasteiger charge is -2.28. The van der Waals surface area contributed by atoms with Crippen molar-refractivity contribution in [2.45, 2.75) is 39.3 Å². The molecule has 0 bridgehead atoms. The van der Waals surface area contributed by atoms with Gasteiger partial charge < -0.3 is 14.0 Å². The third-order valence-corrected chi connectivity index (χ3v) is 8.73. The van der Waals surface area contributed by atoms with E-state index in [2.05, 4.69) is 23.3 Å². The molecule has 0 aliphatic carbocycles. The molecule has 6 rings (SSSR count). The van der Waals surface area contributed by atoms with Crippen LogP contribution in [0, 0.1) is 0 Å². The predicted molar refractivity (Wildman–Crippen MR) is 172 cm³/mol. The van der Waals surface area contributed by atoms with E-state index in [9.17, 15) is 9.59 Å². The molecule has 0 N–H and O–H groups in total. The fourth-order valence-corrected chi connectivity index (χ4v) is 6.96. The lowest BCUT2D eigenvalue weighted by atomic mass is 9.90. The van der Waals surface area contributed by atoms with E-state index in [4.69, 9.17) is 14.5 Å². The molecule has 0 radical (unpaired) electrons. The number of fused-ring (bicyclic) bond motifs is 3. The van der Waals surface area contributed by atoms with Crippen LogP contribution in [0.25, 0.3) is 27.8 Å². The Bertz CT molecular complexity index is 2100. The number of aromatic nitrogens is 2. The number of hydrogen-bond donors (Lipinski definition) is 0. The van der Waals surface area contributed by atoms with Crippen molar-refractivity contribution in [1.29, 1.82) is 0 Å². The number of carbonyl (C=O) groups is 1. The van der Waals surface area contributed by atoms with Crippen LogP contribution < -0.4 is 19.6 Å². The summed E-state index contributed by atoms with van der Waals surface area (Å²) in [6, 6.07) is 19.2. The van der Waals surface area contributed by atoms with Crippen molar-refractivity contribution >= 4 is 45.1 Å². The number of benzene rings is 3. The maximum Gasteiger partial charge on any atom is 0.338 e. The SMILES string of the molecule is C=CCn1cc(/C=c2/sc3n(c2=O)C(c2c(OC)ccc4ccccc24)C(C(=O)OCC)=C(CCC)N=3)c2ccccc21. The highest BCUT2D eigenvalue weighted by Gasteiger charge is 2.37. The summed E-state index contributed by atoms with van der Waals surface area (Å²) >= 11 is 1.33. The molecule has 1 aliphatic rings. The van der Waals surface area contributed by atoms with E-state index in [1.807, 2.05) is 73.8 Å². The molecule has 0 fully saturated rings. The first-order valence-electron chi connectivity index (χ1n) is 14.5. The largest absolute Gasteiger partial charge is 0.496 e. The first kappa shape index (κ1) is 28.4. The van der Waals surface area contributed by atoms with Crippen molar-refractivity contribution in [3.05, 3.63) is 122 Å². The summed E-state index contributed by atoms with van der Waals surface area (Å²) in [5.74, 6) is 0.113. The maximum atomic E-state index is 14.4. The molecule has 0 spiro atoms. The van der Waals surface area contributed by atoms with Crippen LogP contribution in [-0.4, -0.2) is 28.8 Å². The Kier molecular flexibility index (Phi) is 7.86. The zero-order valence-corrected chi connectivity index (χ0v) is 25.3. The van der Waals surface area contributed by atoms with Crippen molar-refractivity contribution in [3.8, 4) is 5.75 Å². The fourth-order valence-electron chi connectivity index (χ4n) is 5.95. The Morgan fingerprint density at radius 1 is 1.07 bits per heavy atom. The van der Waals surface area contributed by atoms with Crippen LogP contribution in [0.5, 0.6) is 5.75 Å². The summed E-state index contributed by atoms with van der Waals surface area (Å²) in [6.07, 6.45) is 7.17. The number of esters is 1. The zero-order valence-electron chi connectivity index (χ0n) is 24.5. The first-order chi connectivity index (χ1) is 21.0. The zero-order chi connectivity index (χ0) is 30.1. The molecule has 3 aromatic carbocycles. The number of methoxy groups -OCH3 is 1. The van der Waals surface area contributed by atoms with Crippen LogP contribution in [0.4, 0.5) is 0 Å². The van der Waals surface area contributed by atoms with Gasteiger partial charge in [-0.2, -0.15) is 0 Å². The van der Waals surface area contributed by atoms with Crippen LogP contribution in [0.15, 0.2) is 101 Å². The Hall–Kier alpha value is -4.69. The highest BCUT2D eigenvalue weighted by Crippen LogP contribution is 2.41. The van der Waals surface area contributed by atoms with Crippen molar-refractivity contribution in [2.24, 2.45) is 4.99 Å². The highest BCUT2D eigenvalue weighted by molar-refractivity contribution is 7.07. The Balaban J connectivity index is 1.68. The van der Waals surface area contributed by atoms with Gasteiger partial charge in [-0.05, 0) is 42.3 Å². The second kappa shape index (κ2) is 11.9. The van der Waals surface area contributed by atoms with E-state index in [1.54, 1.807) is 18.6 Å². The van der Waals surface area contributed by atoms with Gasteiger partial charge in [0.2, 0.25) is 0 Å². The molecule has 43 heavy (non-hydrogen) atoms. The first-order valence-corrected chi connectivity index (χ1v) is 15.3. The molecule has 1 unspecified atom stereocenters. The number of para-hydroxylation sites is 1. The van der Waals surface area contributed by atoms with Crippen molar-refractivity contribution in [3.63, 3.8) is 0 Å². The number of allylic oxidation sites excluding steroid dienone is 2. The van der Waals surface area contributed by atoms with Gasteiger partial charge in [-0.25, -0.2) is 9.79 Å². The Morgan fingerprint density at radius 2 is 1.84 bits per heavy atom. The second-order valence-electron chi connectivity index (χ2n) is 10.4. The van der Waals surface area contributed by atoms with E-state index in [0.717, 1.165) is 39.2 Å². The van der Waals surface area contributed by atoms with Gasteiger partial charge >= 0.3 is 5.97 Å². The van der Waals surface area contributed by atoms with E-state index in [-0.39, 0.29) is 12.2 Å². The third-order valence-electron chi connectivity index (χ3n) is 7.75. The van der Waals surface area contributed by atoms with E-state index < -0.39 is 12.0 Å². The number of hydrogen-bond acceptors (Lipinski definition) is 6. The topological polar surface area (TPSA) is 74.8 Å². The number of thiazole rings is 1. The average molecular weight is 592 g/mol. The standard InChI is InChI=1S/C35H33N3O4S/c1-5-12-26-31(34(40)42-7-3)32(30-25-15-9-8-13-22(25)17-18-28(30)41-4)38-33(39)29(43-35(38)36-26)20-23-21-37(19-6-2)27-16-11-10-14-24(23)27/h6,8-11,13-18,20-21,32H,2,5,7,12,19H2,1,3-4H3/b29-20+. The summed E-state index contributed by atoms with van der Waals surface area (Å²) < 4.78 is 15.8. The molecule has 3 heterocycles. The van der Waals surface area contributed by atoms with Crippen LogP contribution in [0.2, 0.25) is 0 Å². The Morgan fingerprint density at radius 3 is 2.58 bits per heavy atom. The van der Waals surface area contributed by atoms with Gasteiger partial charge in [0.15, 0.2) is 4.80 Å². The van der Waals surface area contributed by atoms with Gasteiger partial charge in [-0.3, -0.25) is 9.36 Å². The van der Waals surface area contributed by atoms with Crippen LogP contribution >= 0.6 is 11.3 Å². The third kappa shape index (κ3) is 4.91.